The number of fused-ring (bicyclic) bond motifs is 2. The number of amides is 1. The molecular formula is C19H19ClN2O3. The molecule has 2 N–H and O–H groups in total. The van der Waals surface area contributed by atoms with E-state index in [4.69, 9.17) is 4.74 Å². The SMILES string of the molecule is COC(=O)c1ccc(C2NCCC23C(=O)Nc2ccccc23)cc1.Cl. The van der Waals surface area contributed by atoms with Crippen LogP contribution in [-0.2, 0) is 14.9 Å². The van der Waals surface area contributed by atoms with Crippen LogP contribution in [0.25, 0.3) is 0 Å². The number of nitrogens with one attached hydrogen (secondary N) is 2. The smallest absolute Gasteiger partial charge is 0.337 e. The lowest BCUT2D eigenvalue weighted by molar-refractivity contribution is -0.121. The molecule has 2 aromatic rings. The van der Waals surface area contributed by atoms with Gasteiger partial charge in [0.25, 0.3) is 0 Å². The van der Waals surface area contributed by atoms with E-state index in [2.05, 4.69) is 10.6 Å². The zero-order valence-electron chi connectivity index (χ0n) is 13.7. The van der Waals surface area contributed by atoms with Crippen molar-refractivity contribution in [2.45, 2.75) is 17.9 Å². The average Bonchev–Trinajstić information content (AvgIpc) is 3.18. The number of carbonyl (C=O) groups excluding carboxylic acids is 2. The van der Waals surface area contributed by atoms with Gasteiger partial charge in [0, 0.05) is 5.69 Å². The molecule has 2 heterocycles. The highest BCUT2D eigenvalue weighted by molar-refractivity contribution is 6.07. The van der Waals surface area contributed by atoms with E-state index in [1.165, 1.54) is 7.11 Å². The standard InChI is InChI=1S/C19H18N2O3.ClH/c1-24-17(22)13-8-6-12(7-9-13)16-19(10-11-20-16)14-4-2-3-5-15(14)21-18(19)23;/h2-9,16,20H,10-11H2,1H3,(H,21,23);1H. The molecule has 5 nitrogen and oxygen atoms in total. The first-order valence-electron chi connectivity index (χ1n) is 7.99. The lowest BCUT2D eigenvalue weighted by Gasteiger charge is -2.29. The normalized spacial score (nSPS) is 23.7. The Morgan fingerprint density at radius 3 is 2.60 bits per heavy atom. The van der Waals surface area contributed by atoms with Gasteiger partial charge in [0.15, 0.2) is 0 Å². The number of ether oxygens (including phenoxy) is 1. The number of benzene rings is 2. The summed E-state index contributed by atoms with van der Waals surface area (Å²) in [5.74, 6) is -0.324. The van der Waals surface area contributed by atoms with Gasteiger partial charge in [-0.1, -0.05) is 30.3 Å². The summed E-state index contributed by atoms with van der Waals surface area (Å²) in [5, 5.41) is 6.48. The molecular weight excluding hydrogens is 340 g/mol. The highest BCUT2D eigenvalue weighted by Crippen LogP contribution is 2.50. The Balaban J connectivity index is 0.00000182. The highest BCUT2D eigenvalue weighted by Gasteiger charge is 2.55. The minimum absolute atomic E-state index is 0. The molecule has 25 heavy (non-hydrogen) atoms. The number of para-hydroxylation sites is 1. The number of halogens is 1. The van der Waals surface area contributed by atoms with Crippen molar-refractivity contribution in [2.24, 2.45) is 0 Å². The van der Waals surface area contributed by atoms with Crippen LogP contribution in [0.1, 0.15) is 33.9 Å². The van der Waals surface area contributed by atoms with Crippen molar-refractivity contribution in [3.05, 3.63) is 65.2 Å². The molecule has 130 valence electrons. The summed E-state index contributed by atoms with van der Waals surface area (Å²) in [5.41, 5.74) is 2.84. The van der Waals surface area contributed by atoms with Crippen LogP contribution >= 0.6 is 12.4 Å². The third-order valence-electron chi connectivity index (χ3n) is 5.09. The summed E-state index contributed by atoms with van der Waals surface area (Å²) in [6.07, 6.45) is 0.749. The summed E-state index contributed by atoms with van der Waals surface area (Å²) in [6.45, 7) is 0.769. The van der Waals surface area contributed by atoms with E-state index in [-0.39, 0.29) is 30.3 Å². The van der Waals surface area contributed by atoms with Gasteiger partial charge < -0.3 is 15.4 Å². The molecule has 0 aliphatic carbocycles. The number of rotatable bonds is 2. The van der Waals surface area contributed by atoms with Crippen molar-refractivity contribution in [1.29, 1.82) is 0 Å². The second-order valence-electron chi connectivity index (χ2n) is 6.22. The van der Waals surface area contributed by atoms with E-state index in [1.807, 2.05) is 36.4 Å². The van der Waals surface area contributed by atoms with Crippen LogP contribution in [0.2, 0.25) is 0 Å². The molecule has 2 aliphatic rings. The van der Waals surface area contributed by atoms with E-state index in [0.717, 1.165) is 29.8 Å². The van der Waals surface area contributed by atoms with Crippen LogP contribution in [0.4, 0.5) is 5.69 Å². The van der Waals surface area contributed by atoms with Crippen LogP contribution in [-0.4, -0.2) is 25.5 Å². The molecule has 2 aromatic carbocycles. The van der Waals surface area contributed by atoms with Gasteiger partial charge >= 0.3 is 5.97 Å². The summed E-state index contributed by atoms with van der Waals surface area (Å²) >= 11 is 0. The maximum atomic E-state index is 12.8. The van der Waals surface area contributed by atoms with Crippen LogP contribution in [0.3, 0.4) is 0 Å². The number of carbonyl (C=O) groups is 2. The van der Waals surface area contributed by atoms with Gasteiger partial charge in [-0.15, -0.1) is 12.4 Å². The zero-order valence-corrected chi connectivity index (χ0v) is 14.6. The highest BCUT2D eigenvalue weighted by atomic mass is 35.5. The fourth-order valence-corrected chi connectivity index (χ4v) is 3.94. The molecule has 1 saturated heterocycles. The molecule has 0 bridgehead atoms. The fourth-order valence-electron chi connectivity index (χ4n) is 3.94. The average molecular weight is 359 g/mol. The van der Waals surface area contributed by atoms with E-state index >= 15 is 0 Å². The van der Waals surface area contributed by atoms with Gasteiger partial charge in [-0.2, -0.15) is 0 Å². The molecule has 0 saturated carbocycles. The molecule has 0 radical (unpaired) electrons. The van der Waals surface area contributed by atoms with Crippen LogP contribution in [0.15, 0.2) is 48.5 Å². The summed E-state index contributed by atoms with van der Waals surface area (Å²) in [6, 6.07) is 15.0. The monoisotopic (exact) mass is 358 g/mol. The maximum absolute atomic E-state index is 12.8. The molecule has 4 rings (SSSR count). The first kappa shape index (κ1) is 17.5. The third-order valence-corrected chi connectivity index (χ3v) is 5.09. The van der Waals surface area contributed by atoms with Crippen molar-refractivity contribution < 1.29 is 14.3 Å². The molecule has 2 aliphatic heterocycles. The molecule has 0 aromatic heterocycles. The van der Waals surface area contributed by atoms with Gasteiger partial charge in [-0.3, -0.25) is 4.79 Å². The van der Waals surface area contributed by atoms with E-state index < -0.39 is 5.41 Å². The Hall–Kier alpha value is -2.37. The Morgan fingerprint density at radius 2 is 1.88 bits per heavy atom. The van der Waals surface area contributed by atoms with Gasteiger partial charge in [-0.05, 0) is 42.3 Å². The predicted molar refractivity (Wildman–Crippen MR) is 97.1 cm³/mol. The third kappa shape index (κ3) is 2.51. The topological polar surface area (TPSA) is 67.4 Å². The Bertz CT molecular complexity index is 822. The van der Waals surface area contributed by atoms with Crippen molar-refractivity contribution in [1.82, 2.24) is 5.32 Å². The second kappa shape index (κ2) is 6.50. The van der Waals surface area contributed by atoms with Crippen molar-refractivity contribution in [2.75, 3.05) is 19.0 Å². The van der Waals surface area contributed by atoms with E-state index in [9.17, 15) is 9.59 Å². The number of hydrogen-bond acceptors (Lipinski definition) is 4. The first-order valence-corrected chi connectivity index (χ1v) is 7.99. The van der Waals surface area contributed by atoms with E-state index in [1.54, 1.807) is 12.1 Å². The second-order valence-corrected chi connectivity index (χ2v) is 6.22. The molecule has 1 spiro atoms. The van der Waals surface area contributed by atoms with E-state index in [0.29, 0.717) is 5.56 Å². The van der Waals surface area contributed by atoms with Crippen molar-refractivity contribution in [3.63, 3.8) is 0 Å². The van der Waals surface area contributed by atoms with Crippen LogP contribution < -0.4 is 10.6 Å². The Labute approximate surface area is 152 Å². The van der Waals surface area contributed by atoms with Gasteiger partial charge in [0.05, 0.1) is 24.1 Å². The molecule has 2 atom stereocenters. The van der Waals surface area contributed by atoms with Gasteiger partial charge in [0.2, 0.25) is 5.91 Å². The van der Waals surface area contributed by atoms with Crippen LogP contribution in [0.5, 0.6) is 0 Å². The van der Waals surface area contributed by atoms with Crippen molar-refractivity contribution in [3.8, 4) is 0 Å². The summed E-state index contributed by atoms with van der Waals surface area (Å²) in [7, 11) is 1.36. The zero-order chi connectivity index (χ0) is 16.7. The largest absolute Gasteiger partial charge is 0.465 e. The number of methoxy groups -OCH3 is 1. The minimum Gasteiger partial charge on any atom is -0.465 e. The van der Waals surface area contributed by atoms with Gasteiger partial charge in [-0.25, -0.2) is 4.79 Å². The lowest BCUT2D eigenvalue weighted by atomic mass is 9.73. The number of anilines is 1. The van der Waals surface area contributed by atoms with Crippen LogP contribution in [0, 0.1) is 0 Å². The summed E-state index contributed by atoms with van der Waals surface area (Å²) < 4.78 is 4.74. The number of hydrogen-bond donors (Lipinski definition) is 2. The fraction of sp³-hybridized carbons (Fsp3) is 0.263. The van der Waals surface area contributed by atoms with Crippen molar-refractivity contribution >= 4 is 30.0 Å². The predicted octanol–water partition coefficient (Wildman–Crippen LogP) is 2.82. The quantitative estimate of drug-likeness (QED) is 0.810. The first-order chi connectivity index (χ1) is 11.7. The summed E-state index contributed by atoms with van der Waals surface area (Å²) in [4.78, 5) is 24.4. The molecule has 2 unspecified atom stereocenters. The molecule has 1 fully saturated rings. The molecule has 6 heteroatoms. The maximum Gasteiger partial charge on any atom is 0.337 e. The van der Waals surface area contributed by atoms with Gasteiger partial charge in [0.1, 0.15) is 0 Å². The lowest BCUT2D eigenvalue weighted by Crippen LogP contribution is -2.39. The molecule has 1 amide bonds. The Morgan fingerprint density at radius 1 is 1.16 bits per heavy atom. The number of esters is 1. The minimum atomic E-state index is -0.594. The Kier molecular flexibility index (Phi) is 4.54.